The lowest BCUT2D eigenvalue weighted by molar-refractivity contribution is -0.137. The highest BCUT2D eigenvalue weighted by Gasteiger charge is 2.30. The number of nitrogens with zero attached hydrogens (tertiary/aromatic N) is 1. The summed E-state index contributed by atoms with van der Waals surface area (Å²) < 4.78 is 44.6. The molecule has 4 rings (SSSR count). The Hall–Kier alpha value is -2.80. The fourth-order valence-corrected chi connectivity index (χ4v) is 4.19. The molecule has 7 heteroatoms. The van der Waals surface area contributed by atoms with Gasteiger partial charge in [0.1, 0.15) is 5.58 Å². The largest absolute Gasteiger partial charge is 0.450 e. The van der Waals surface area contributed by atoms with Crippen molar-refractivity contribution < 1.29 is 22.4 Å². The highest BCUT2D eigenvalue weighted by Crippen LogP contribution is 2.30. The van der Waals surface area contributed by atoms with E-state index in [9.17, 15) is 18.0 Å². The third kappa shape index (κ3) is 4.61. The smallest absolute Gasteiger partial charge is 0.416 e. The van der Waals surface area contributed by atoms with Gasteiger partial charge in [-0.3, -0.25) is 9.69 Å². The topological polar surface area (TPSA) is 45.5 Å². The molecule has 1 aromatic heterocycles. The van der Waals surface area contributed by atoms with E-state index < -0.39 is 11.7 Å². The molecule has 31 heavy (non-hydrogen) atoms. The number of likely N-dealkylation sites (tertiary alicyclic amines) is 1. The molecule has 0 spiro atoms. The summed E-state index contributed by atoms with van der Waals surface area (Å²) in [7, 11) is 0. The van der Waals surface area contributed by atoms with E-state index in [1.807, 2.05) is 32.0 Å². The van der Waals surface area contributed by atoms with E-state index in [0.29, 0.717) is 31.0 Å². The molecule has 0 radical (unpaired) electrons. The number of amides is 1. The number of nitrogens with one attached hydrogen (secondary N) is 1. The van der Waals surface area contributed by atoms with Crippen molar-refractivity contribution in [3.8, 4) is 0 Å². The Labute approximate surface area is 179 Å². The minimum atomic E-state index is -4.33. The van der Waals surface area contributed by atoms with Gasteiger partial charge in [0.25, 0.3) is 5.91 Å². The normalized spacial score (nSPS) is 16.0. The van der Waals surface area contributed by atoms with Crippen molar-refractivity contribution in [1.82, 2.24) is 10.2 Å². The lowest BCUT2D eigenvalue weighted by Gasteiger charge is -2.32. The SMILES string of the molecule is Cc1c(C(=O)NC2CCN(Cc3cccc(C(F)(F)F)c3)CC2)oc2c(C)cccc12. The van der Waals surface area contributed by atoms with Crippen molar-refractivity contribution in [2.75, 3.05) is 13.1 Å². The molecular formula is C24H25F3N2O2. The molecule has 1 aliphatic heterocycles. The highest BCUT2D eigenvalue weighted by atomic mass is 19.4. The molecular weight excluding hydrogens is 405 g/mol. The molecule has 0 atom stereocenters. The van der Waals surface area contributed by atoms with E-state index in [4.69, 9.17) is 4.42 Å². The van der Waals surface area contributed by atoms with Crippen LogP contribution in [0.25, 0.3) is 11.0 Å². The Morgan fingerprint density at radius 1 is 1.13 bits per heavy atom. The predicted octanol–water partition coefficient (Wildman–Crippen LogP) is 5.46. The molecule has 0 bridgehead atoms. The molecule has 3 aromatic rings. The van der Waals surface area contributed by atoms with Crippen LogP contribution in [0.3, 0.4) is 0 Å². The van der Waals surface area contributed by atoms with Crippen LogP contribution in [0.5, 0.6) is 0 Å². The number of fused-ring (bicyclic) bond motifs is 1. The lowest BCUT2D eigenvalue weighted by Crippen LogP contribution is -2.44. The van der Waals surface area contributed by atoms with E-state index in [2.05, 4.69) is 10.2 Å². The summed E-state index contributed by atoms with van der Waals surface area (Å²) in [5, 5.41) is 4.01. The van der Waals surface area contributed by atoms with Crippen LogP contribution in [0.15, 0.2) is 46.9 Å². The van der Waals surface area contributed by atoms with Gasteiger partial charge in [0, 0.05) is 36.6 Å². The number of aryl methyl sites for hydroxylation is 2. The minimum Gasteiger partial charge on any atom is -0.450 e. The maximum Gasteiger partial charge on any atom is 0.416 e. The zero-order valence-corrected chi connectivity index (χ0v) is 17.6. The van der Waals surface area contributed by atoms with Crippen molar-refractivity contribution in [2.24, 2.45) is 0 Å². The Morgan fingerprint density at radius 2 is 1.84 bits per heavy atom. The monoisotopic (exact) mass is 430 g/mol. The van der Waals surface area contributed by atoms with Gasteiger partial charge in [-0.05, 0) is 43.9 Å². The van der Waals surface area contributed by atoms with Gasteiger partial charge in [-0.2, -0.15) is 13.2 Å². The molecule has 0 unspecified atom stereocenters. The van der Waals surface area contributed by atoms with Crippen LogP contribution in [0.1, 0.15) is 45.7 Å². The molecule has 0 saturated carbocycles. The third-order valence-electron chi connectivity index (χ3n) is 5.95. The number of rotatable bonds is 4. The second-order valence-corrected chi connectivity index (χ2v) is 8.23. The summed E-state index contributed by atoms with van der Waals surface area (Å²) >= 11 is 0. The van der Waals surface area contributed by atoms with E-state index >= 15 is 0 Å². The summed E-state index contributed by atoms with van der Waals surface area (Å²) in [4.78, 5) is 14.9. The molecule has 164 valence electrons. The second-order valence-electron chi connectivity index (χ2n) is 8.23. The molecule has 1 fully saturated rings. The first-order chi connectivity index (χ1) is 14.7. The molecule has 1 N–H and O–H groups in total. The van der Waals surface area contributed by atoms with Crippen LogP contribution in [-0.4, -0.2) is 29.9 Å². The first-order valence-corrected chi connectivity index (χ1v) is 10.4. The van der Waals surface area contributed by atoms with E-state index in [0.717, 1.165) is 41.0 Å². The van der Waals surface area contributed by atoms with E-state index in [1.54, 1.807) is 6.07 Å². The highest BCUT2D eigenvalue weighted by molar-refractivity contribution is 5.99. The number of piperidine rings is 1. The Morgan fingerprint density at radius 3 is 2.52 bits per heavy atom. The van der Waals surface area contributed by atoms with Crippen LogP contribution in [0.4, 0.5) is 13.2 Å². The van der Waals surface area contributed by atoms with Gasteiger partial charge in [-0.1, -0.05) is 36.4 Å². The molecule has 1 amide bonds. The minimum absolute atomic E-state index is 0.0129. The van der Waals surface area contributed by atoms with Gasteiger partial charge in [0.2, 0.25) is 0 Å². The zero-order chi connectivity index (χ0) is 22.2. The van der Waals surface area contributed by atoms with Crippen molar-refractivity contribution in [2.45, 2.75) is 45.5 Å². The molecule has 1 aliphatic rings. The Bertz CT molecular complexity index is 1100. The zero-order valence-electron chi connectivity index (χ0n) is 17.6. The molecule has 4 nitrogen and oxygen atoms in total. The molecule has 2 heterocycles. The number of hydrogen-bond donors (Lipinski definition) is 1. The third-order valence-corrected chi connectivity index (χ3v) is 5.95. The number of benzene rings is 2. The summed E-state index contributed by atoms with van der Waals surface area (Å²) in [6, 6.07) is 11.3. The van der Waals surface area contributed by atoms with Gasteiger partial charge in [0.05, 0.1) is 5.56 Å². The van der Waals surface area contributed by atoms with Gasteiger partial charge in [0.15, 0.2) is 5.76 Å². The fourth-order valence-electron chi connectivity index (χ4n) is 4.19. The fraction of sp³-hybridized carbons (Fsp3) is 0.375. The maximum absolute atomic E-state index is 12.9. The summed E-state index contributed by atoms with van der Waals surface area (Å²) in [5.41, 5.74) is 2.58. The van der Waals surface area contributed by atoms with Gasteiger partial charge >= 0.3 is 6.18 Å². The van der Waals surface area contributed by atoms with Crippen molar-refractivity contribution in [3.05, 3.63) is 70.5 Å². The summed E-state index contributed by atoms with van der Waals surface area (Å²) in [6.07, 6.45) is -2.85. The predicted molar refractivity (Wildman–Crippen MR) is 113 cm³/mol. The molecule has 2 aromatic carbocycles. The maximum atomic E-state index is 12.9. The average Bonchev–Trinajstić information content (AvgIpc) is 3.07. The number of alkyl halides is 3. The number of furan rings is 1. The number of hydrogen-bond acceptors (Lipinski definition) is 3. The van der Waals surface area contributed by atoms with Crippen molar-refractivity contribution in [3.63, 3.8) is 0 Å². The first kappa shape index (κ1) is 21.4. The molecule has 1 saturated heterocycles. The number of halogens is 3. The van der Waals surface area contributed by atoms with Crippen LogP contribution in [0.2, 0.25) is 0 Å². The van der Waals surface area contributed by atoms with E-state index in [-0.39, 0.29) is 11.9 Å². The van der Waals surface area contributed by atoms with Crippen LogP contribution in [-0.2, 0) is 12.7 Å². The van der Waals surface area contributed by atoms with Crippen LogP contribution in [0, 0.1) is 13.8 Å². The van der Waals surface area contributed by atoms with Crippen LogP contribution >= 0.6 is 0 Å². The Balaban J connectivity index is 1.35. The number of carbonyl (C=O) groups excluding carboxylic acids is 1. The van der Waals surface area contributed by atoms with Gasteiger partial charge < -0.3 is 9.73 Å². The second kappa shape index (κ2) is 8.38. The van der Waals surface area contributed by atoms with E-state index in [1.165, 1.54) is 12.1 Å². The van der Waals surface area contributed by atoms with Crippen LogP contribution < -0.4 is 5.32 Å². The Kier molecular flexibility index (Phi) is 5.79. The lowest BCUT2D eigenvalue weighted by atomic mass is 10.0. The number of carbonyl (C=O) groups is 1. The average molecular weight is 430 g/mol. The van der Waals surface area contributed by atoms with Crippen molar-refractivity contribution in [1.29, 1.82) is 0 Å². The van der Waals surface area contributed by atoms with Crippen molar-refractivity contribution >= 4 is 16.9 Å². The number of para-hydroxylation sites is 1. The van der Waals surface area contributed by atoms with Gasteiger partial charge in [-0.15, -0.1) is 0 Å². The molecule has 0 aliphatic carbocycles. The first-order valence-electron chi connectivity index (χ1n) is 10.4. The van der Waals surface area contributed by atoms with Gasteiger partial charge in [-0.25, -0.2) is 0 Å². The quantitative estimate of drug-likeness (QED) is 0.598. The summed E-state index contributed by atoms with van der Waals surface area (Å²) in [6.45, 7) is 5.72. The summed E-state index contributed by atoms with van der Waals surface area (Å²) in [5.74, 6) is 0.125. The standard InChI is InChI=1S/C24H25F3N2O2/c1-15-5-3-8-20-16(2)22(31-21(15)20)23(30)28-19-9-11-29(12-10-19)14-17-6-4-7-18(13-17)24(25,26)27/h3-8,13,19H,9-12,14H2,1-2H3,(H,28,30).